The van der Waals surface area contributed by atoms with Gasteiger partial charge in [-0.1, -0.05) is 0 Å². The Bertz CT molecular complexity index is 470. The number of hydrogen-bond acceptors (Lipinski definition) is 4. The molecule has 0 saturated heterocycles. The molecule has 0 aliphatic rings. The molecule has 1 aromatic carbocycles. The highest BCUT2D eigenvalue weighted by molar-refractivity contribution is 5.28. The highest BCUT2D eigenvalue weighted by Gasteiger charge is 2.00. The number of hydrogen-bond donors (Lipinski definition) is 2. The van der Waals surface area contributed by atoms with E-state index in [1.54, 1.807) is 12.3 Å². The van der Waals surface area contributed by atoms with Crippen molar-refractivity contribution in [1.82, 2.24) is 15.5 Å². The summed E-state index contributed by atoms with van der Waals surface area (Å²) in [6.45, 7) is 1.01. The lowest BCUT2D eigenvalue weighted by atomic mass is 10.2. The molecule has 0 radical (unpaired) electrons. The number of halogens is 1. The van der Waals surface area contributed by atoms with Gasteiger partial charge in [-0.3, -0.25) is 0 Å². The second-order valence-electron chi connectivity index (χ2n) is 3.64. The molecular weight excluding hydrogens is 221 g/mol. The normalized spacial score (nSPS) is 10.4. The fourth-order valence-electron chi connectivity index (χ4n) is 1.50. The van der Waals surface area contributed by atoms with Crippen LogP contribution in [0.5, 0.6) is 5.75 Å². The third-order valence-corrected chi connectivity index (χ3v) is 2.21. The van der Waals surface area contributed by atoms with Crippen molar-refractivity contribution in [3.8, 4) is 5.75 Å². The van der Waals surface area contributed by atoms with E-state index >= 15 is 0 Å². The van der Waals surface area contributed by atoms with E-state index in [1.807, 2.05) is 6.07 Å². The van der Waals surface area contributed by atoms with Crippen molar-refractivity contribution < 1.29 is 9.50 Å². The maximum Gasteiger partial charge on any atom is 0.127 e. The Labute approximate surface area is 98.1 Å². The van der Waals surface area contributed by atoms with Crippen LogP contribution in [0, 0.1) is 5.82 Å². The molecule has 0 fully saturated rings. The van der Waals surface area contributed by atoms with Gasteiger partial charge in [-0.2, -0.15) is 10.2 Å². The van der Waals surface area contributed by atoms with Gasteiger partial charge in [0.1, 0.15) is 11.6 Å². The molecule has 0 aliphatic heterocycles. The van der Waals surface area contributed by atoms with Crippen molar-refractivity contribution in [3.05, 3.63) is 53.6 Å². The van der Waals surface area contributed by atoms with E-state index < -0.39 is 5.82 Å². The van der Waals surface area contributed by atoms with Gasteiger partial charge in [0, 0.05) is 25.4 Å². The van der Waals surface area contributed by atoms with Gasteiger partial charge in [0.25, 0.3) is 0 Å². The summed E-state index contributed by atoms with van der Waals surface area (Å²) >= 11 is 0. The van der Waals surface area contributed by atoms with Crippen molar-refractivity contribution in [2.75, 3.05) is 0 Å². The predicted octanol–water partition coefficient (Wildman–Crippen LogP) is 1.61. The average molecular weight is 233 g/mol. The van der Waals surface area contributed by atoms with Crippen molar-refractivity contribution in [2.24, 2.45) is 0 Å². The molecule has 5 heteroatoms. The lowest BCUT2D eigenvalue weighted by molar-refractivity contribution is 0.467. The molecule has 0 saturated carbocycles. The SMILES string of the molecule is Oc1cc(F)cc(CNCc2cccnn2)c1. The maximum atomic E-state index is 13.0. The molecule has 0 aliphatic carbocycles. The molecule has 0 bridgehead atoms. The quantitative estimate of drug-likeness (QED) is 0.842. The molecule has 0 amide bonds. The number of phenols is 1. The first-order valence-electron chi connectivity index (χ1n) is 5.20. The third kappa shape index (κ3) is 3.49. The molecule has 0 unspecified atom stereocenters. The van der Waals surface area contributed by atoms with Gasteiger partial charge < -0.3 is 10.4 Å². The van der Waals surface area contributed by atoms with Crippen LogP contribution in [0.4, 0.5) is 4.39 Å². The Morgan fingerprint density at radius 1 is 1.24 bits per heavy atom. The summed E-state index contributed by atoms with van der Waals surface area (Å²) in [5.74, 6) is -0.511. The Morgan fingerprint density at radius 2 is 2.12 bits per heavy atom. The van der Waals surface area contributed by atoms with Crippen LogP contribution in [0.3, 0.4) is 0 Å². The van der Waals surface area contributed by atoms with Gasteiger partial charge in [0.15, 0.2) is 0 Å². The Morgan fingerprint density at radius 3 is 2.82 bits per heavy atom. The zero-order chi connectivity index (χ0) is 12.1. The van der Waals surface area contributed by atoms with Crippen LogP contribution >= 0.6 is 0 Å². The molecule has 1 aromatic heterocycles. The average Bonchev–Trinajstić information content (AvgIpc) is 2.29. The standard InChI is InChI=1S/C12H12FN3O/c13-10-4-9(5-12(17)6-10)7-14-8-11-2-1-3-15-16-11/h1-6,14,17H,7-8H2. The van der Waals surface area contributed by atoms with Gasteiger partial charge in [0.2, 0.25) is 0 Å². The van der Waals surface area contributed by atoms with E-state index in [2.05, 4.69) is 15.5 Å². The van der Waals surface area contributed by atoms with Crippen LogP contribution in [0.25, 0.3) is 0 Å². The summed E-state index contributed by atoms with van der Waals surface area (Å²) in [5, 5.41) is 20.0. The first kappa shape index (κ1) is 11.5. The zero-order valence-electron chi connectivity index (χ0n) is 9.10. The van der Waals surface area contributed by atoms with E-state index in [0.717, 1.165) is 11.8 Å². The molecule has 2 rings (SSSR count). The molecule has 0 spiro atoms. The number of aromatic nitrogens is 2. The number of nitrogens with one attached hydrogen (secondary N) is 1. The summed E-state index contributed by atoms with van der Waals surface area (Å²) in [4.78, 5) is 0. The number of nitrogens with zero attached hydrogens (tertiary/aromatic N) is 2. The second kappa shape index (κ2) is 5.36. The molecule has 2 N–H and O–H groups in total. The van der Waals surface area contributed by atoms with Crippen LogP contribution in [0.15, 0.2) is 36.5 Å². The number of benzene rings is 1. The summed E-state index contributed by atoms with van der Waals surface area (Å²) in [6, 6.07) is 7.63. The monoisotopic (exact) mass is 233 g/mol. The van der Waals surface area contributed by atoms with Crippen molar-refractivity contribution in [3.63, 3.8) is 0 Å². The van der Waals surface area contributed by atoms with Gasteiger partial charge in [-0.25, -0.2) is 4.39 Å². The van der Waals surface area contributed by atoms with E-state index in [4.69, 9.17) is 0 Å². The first-order valence-corrected chi connectivity index (χ1v) is 5.20. The number of aromatic hydroxyl groups is 1. The fourth-order valence-corrected chi connectivity index (χ4v) is 1.50. The first-order chi connectivity index (χ1) is 8.24. The van der Waals surface area contributed by atoms with Gasteiger partial charge in [-0.05, 0) is 29.8 Å². The lowest BCUT2D eigenvalue weighted by Crippen LogP contribution is -2.14. The zero-order valence-corrected chi connectivity index (χ0v) is 9.10. The lowest BCUT2D eigenvalue weighted by Gasteiger charge is -2.04. The van der Waals surface area contributed by atoms with E-state index in [-0.39, 0.29) is 5.75 Å². The van der Waals surface area contributed by atoms with Crippen LogP contribution in [0.2, 0.25) is 0 Å². The van der Waals surface area contributed by atoms with Gasteiger partial charge >= 0.3 is 0 Å². The number of rotatable bonds is 4. The largest absolute Gasteiger partial charge is 0.508 e. The summed E-state index contributed by atoms with van der Waals surface area (Å²) < 4.78 is 13.0. The minimum Gasteiger partial charge on any atom is -0.508 e. The highest BCUT2D eigenvalue weighted by atomic mass is 19.1. The van der Waals surface area contributed by atoms with E-state index in [1.165, 1.54) is 12.1 Å². The molecule has 2 aromatic rings. The molecule has 0 atom stereocenters. The maximum absolute atomic E-state index is 13.0. The Hall–Kier alpha value is -2.01. The van der Waals surface area contributed by atoms with E-state index in [0.29, 0.717) is 18.7 Å². The summed E-state index contributed by atoms with van der Waals surface area (Å²) in [6.07, 6.45) is 1.61. The number of phenolic OH excluding ortho intramolecular Hbond substituents is 1. The molecule has 1 heterocycles. The minimum absolute atomic E-state index is 0.0682. The van der Waals surface area contributed by atoms with Crippen molar-refractivity contribution in [1.29, 1.82) is 0 Å². The van der Waals surface area contributed by atoms with Gasteiger partial charge in [0.05, 0.1) is 5.69 Å². The topological polar surface area (TPSA) is 58.0 Å². The summed E-state index contributed by atoms with van der Waals surface area (Å²) in [7, 11) is 0. The Balaban J connectivity index is 1.90. The minimum atomic E-state index is -0.443. The Kier molecular flexibility index (Phi) is 3.62. The van der Waals surface area contributed by atoms with Crippen LogP contribution in [-0.4, -0.2) is 15.3 Å². The highest BCUT2D eigenvalue weighted by Crippen LogP contribution is 2.14. The molecule has 4 nitrogen and oxygen atoms in total. The predicted molar refractivity (Wildman–Crippen MR) is 60.6 cm³/mol. The van der Waals surface area contributed by atoms with Crippen LogP contribution < -0.4 is 5.32 Å². The smallest absolute Gasteiger partial charge is 0.127 e. The van der Waals surface area contributed by atoms with Crippen molar-refractivity contribution in [2.45, 2.75) is 13.1 Å². The molecule has 17 heavy (non-hydrogen) atoms. The van der Waals surface area contributed by atoms with E-state index in [9.17, 15) is 9.50 Å². The van der Waals surface area contributed by atoms with Gasteiger partial charge in [-0.15, -0.1) is 0 Å². The van der Waals surface area contributed by atoms with Crippen LogP contribution in [0.1, 0.15) is 11.3 Å². The third-order valence-electron chi connectivity index (χ3n) is 2.21. The molecule has 88 valence electrons. The van der Waals surface area contributed by atoms with Crippen LogP contribution in [-0.2, 0) is 13.1 Å². The fraction of sp³-hybridized carbons (Fsp3) is 0.167. The molecular formula is C12H12FN3O. The second-order valence-corrected chi connectivity index (χ2v) is 3.64. The summed E-state index contributed by atoms with van der Waals surface area (Å²) in [5.41, 5.74) is 1.50. The van der Waals surface area contributed by atoms with Crippen molar-refractivity contribution >= 4 is 0 Å².